The van der Waals surface area contributed by atoms with E-state index in [1.807, 2.05) is 33.8 Å². The van der Waals surface area contributed by atoms with Crippen LogP contribution in [0.1, 0.15) is 33.3 Å². The van der Waals surface area contributed by atoms with Gasteiger partial charge in [0.1, 0.15) is 0 Å². The first-order chi connectivity index (χ1) is 9.11. The summed E-state index contributed by atoms with van der Waals surface area (Å²) in [6.45, 7) is 9.07. The van der Waals surface area contributed by atoms with Crippen LogP contribution in [-0.4, -0.2) is 17.9 Å². The summed E-state index contributed by atoms with van der Waals surface area (Å²) >= 11 is 0. The van der Waals surface area contributed by atoms with Crippen molar-refractivity contribution < 1.29 is 9.59 Å². The highest BCUT2D eigenvalue weighted by Gasteiger charge is 2.27. The highest BCUT2D eigenvalue weighted by Crippen LogP contribution is 2.22. The second-order valence-electron chi connectivity index (χ2n) is 6.04. The molecule has 1 rings (SSSR count). The van der Waals surface area contributed by atoms with Crippen molar-refractivity contribution in [3.8, 4) is 0 Å². The van der Waals surface area contributed by atoms with Gasteiger partial charge in [-0.3, -0.25) is 9.59 Å². The van der Waals surface area contributed by atoms with Gasteiger partial charge in [-0.2, -0.15) is 0 Å². The van der Waals surface area contributed by atoms with Gasteiger partial charge in [-0.1, -0.05) is 26.8 Å². The number of anilines is 2. The van der Waals surface area contributed by atoms with E-state index in [4.69, 9.17) is 5.73 Å². The van der Waals surface area contributed by atoms with Crippen LogP contribution < -0.4 is 16.4 Å². The molecule has 0 aromatic heterocycles. The van der Waals surface area contributed by atoms with Gasteiger partial charge in [0.15, 0.2) is 0 Å². The van der Waals surface area contributed by atoms with Crippen LogP contribution in [0.2, 0.25) is 0 Å². The number of hydrogen-bond donors (Lipinski definition) is 3. The molecule has 4 N–H and O–H groups in total. The quantitative estimate of drug-likeness (QED) is 0.792. The van der Waals surface area contributed by atoms with Gasteiger partial charge in [0.05, 0.1) is 6.04 Å². The molecule has 1 aromatic rings. The lowest BCUT2D eigenvalue weighted by atomic mass is 9.87. The van der Waals surface area contributed by atoms with Crippen LogP contribution in [0.5, 0.6) is 0 Å². The molecule has 0 aliphatic heterocycles. The van der Waals surface area contributed by atoms with Crippen molar-refractivity contribution in [2.24, 2.45) is 11.1 Å². The van der Waals surface area contributed by atoms with Crippen molar-refractivity contribution in [1.29, 1.82) is 0 Å². The predicted molar refractivity (Wildman–Crippen MR) is 81.5 cm³/mol. The Balaban J connectivity index is 2.88. The van der Waals surface area contributed by atoms with Crippen LogP contribution in [0.4, 0.5) is 11.4 Å². The van der Waals surface area contributed by atoms with Gasteiger partial charge in [-0.15, -0.1) is 0 Å². The van der Waals surface area contributed by atoms with Crippen molar-refractivity contribution >= 4 is 23.2 Å². The maximum atomic E-state index is 12.1. The van der Waals surface area contributed by atoms with E-state index in [0.717, 1.165) is 5.56 Å². The first-order valence-electron chi connectivity index (χ1n) is 6.56. The Hall–Kier alpha value is -1.88. The molecule has 0 radical (unpaired) electrons. The third kappa shape index (κ3) is 4.35. The summed E-state index contributed by atoms with van der Waals surface area (Å²) in [5, 5.41) is 5.50. The number of carbonyl (C=O) groups excluding carboxylic acids is 2. The number of rotatable bonds is 3. The highest BCUT2D eigenvalue weighted by atomic mass is 16.2. The first kappa shape index (κ1) is 16.2. The van der Waals surface area contributed by atoms with E-state index in [9.17, 15) is 9.59 Å². The summed E-state index contributed by atoms with van der Waals surface area (Å²) in [7, 11) is 0. The van der Waals surface area contributed by atoms with E-state index in [0.29, 0.717) is 11.4 Å². The molecule has 1 aromatic carbocycles. The van der Waals surface area contributed by atoms with Gasteiger partial charge in [0.2, 0.25) is 11.8 Å². The molecule has 0 saturated carbocycles. The second kappa shape index (κ2) is 6.05. The van der Waals surface area contributed by atoms with Gasteiger partial charge in [0, 0.05) is 18.3 Å². The monoisotopic (exact) mass is 277 g/mol. The number of aryl methyl sites for hydroxylation is 1. The Morgan fingerprint density at radius 1 is 1.20 bits per heavy atom. The molecule has 5 nitrogen and oxygen atoms in total. The lowest BCUT2D eigenvalue weighted by Gasteiger charge is -2.26. The zero-order chi connectivity index (χ0) is 15.5. The van der Waals surface area contributed by atoms with Gasteiger partial charge < -0.3 is 16.4 Å². The minimum Gasteiger partial charge on any atom is -0.326 e. The van der Waals surface area contributed by atoms with Crippen LogP contribution in [0.15, 0.2) is 18.2 Å². The Bertz CT molecular complexity index is 518. The topological polar surface area (TPSA) is 84.2 Å². The van der Waals surface area contributed by atoms with Gasteiger partial charge in [-0.25, -0.2) is 0 Å². The molecule has 20 heavy (non-hydrogen) atoms. The average molecular weight is 277 g/mol. The van der Waals surface area contributed by atoms with Gasteiger partial charge in [-0.05, 0) is 30.0 Å². The fraction of sp³-hybridized carbons (Fsp3) is 0.467. The smallest absolute Gasteiger partial charge is 0.241 e. The summed E-state index contributed by atoms with van der Waals surface area (Å²) in [6.07, 6.45) is 0. The van der Waals surface area contributed by atoms with Crippen LogP contribution in [-0.2, 0) is 9.59 Å². The fourth-order valence-electron chi connectivity index (χ4n) is 1.64. The van der Waals surface area contributed by atoms with Crippen molar-refractivity contribution in [3.63, 3.8) is 0 Å². The van der Waals surface area contributed by atoms with Crippen molar-refractivity contribution in [2.75, 3.05) is 10.6 Å². The molecule has 2 amide bonds. The summed E-state index contributed by atoms with van der Waals surface area (Å²) in [6, 6.07) is 4.74. The summed E-state index contributed by atoms with van der Waals surface area (Å²) in [5.74, 6) is -0.391. The van der Waals surface area contributed by atoms with Gasteiger partial charge >= 0.3 is 0 Å². The Morgan fingerprint density at radius 2 is 1.80 bits per heavy atom. The normalized spacial score (nSPS) is 12.7. The van der Waals surface area contributed by atoms with Crippen LogP contribution in [0, 0.1) is 12.3 Å². The average Bonchev–Trinajstić information content (AvgIpc) is 2.30. The number of carbonyl (C=O) groups is 2. The largest absolute Gasteiger partial charge is 0.326 e. The molecule has 0 aliphatic carbocycles. The summed E-state index contributed by atoms with van der Waals surface area (Å²) < 4.78 is 0. The number of nitrogens with two attached hydrogens (primary N) is 1. The minimum atomic E-state index is -0.604. The lowest BCUT2D eigenvalue weighted by molar-refractivity contribution is -0.119. The fourth-order valence-corrected chi connectivity index (χ4v) is 1.64. The maximum absolute atomic E-state index is 12.1. The minimum absolute atomic E-state index is 0.150. The van der Waals surface area contributed by atoms with E-state index < -0.39 is 6.04 Å². The molecule has 110 valence electrons. The zero-order valence-electron chi connectivity index (χ0n) is 12.7. The first-order valence-corrected chi connectivity index (χ1v) is 6.56. The molecular formula is C15H23N3O2. The van der Waals surface area contributed by atoms with Crippen molar-refractivity contribution in [1.82, 2.24) is 0 Å². The highest BCUT2D eigenvalue weighted by molar-refractivity contribution is 5.96. The Morgan fingerprint density at radius 3 is 2.30 bits per heavy atom. The number of amides is 2. The van der Waals surface area contributed by atoms with E-state index >= 15 is 0 Å². The molecule has 0 heterocycles. The van der Waals surface area contributed by atoms with E-state index in [2.05, 4.69) is 10.6 Å². The molecule has 0 unspecified atom stereocenters. The van der Waals surface area contributed by atoms with Crippen LogP contribution in [0.25, 0.3) is 0 Å². The molecular weight excluding hydrogens is 254 g/mol. The standard InChI is InChI=1S/C15H23N3O2/c1-9-6-7-11(8-12(9)17-10(2)19)18-14(20)13(16)15(3,4)5/h6-8,13H,16H2,1-5H3,(H,17,19)(H,18,20)/t13-/m0/s1. The third-order valence-corrected chi connectivity index (χ3v) is 3.03. The molecule has 0 fully saturated rings. The molecule has 0 spiro atoms. The molecule has 1 atom stereocenters. The maximum Gasteiger partial charge on any atom is 0.241 e. The molecule has 0 saturated heterocycles. The number of nitrogens with one attached hydrogen (secondary N) is 2. The zero-order valence-corrected chi connectivity index (χ0v) is 12.7. The lowest BCUT2D eigenvalue weighted by Crippen LogP contribution is -2.45. The summed E-state index contributed by atoms with van der Waals surface area (Å²) in [5.41, 5.74) is 7.82. The van der Waals surface area contributed by atoms with Crippen molar-refractivity contribution in [2.45, 2.75) is 40.7 Å². The predicted octanol–water partition coefficient (Wildman–Crippen LogP) is 2.27. The number of hydrogen-bond acceptors (Lipinski definition) is 3. The summed E-state index contributed by atoms with van der Waals surface area (Å²) in [4.78, 5) is 23.2. The SMILES string of the molecule is CC(=O)Nc1cc(NC(=O)[C@H](N)C(C)(C)C)ccc1C. The third-order valence-electron chi connectivity index (χ3n) is 3.03. The van der Waals surface area contributed by atoms with Crippen molar-refractivity contribution in [3.05, 3.63) is 23.8 Å². The number of benzene rings is 1. The van der Waals surface area contributed by atoms with E-state index in [-0.39, 0.29) is 17.2 Å². The van der Waals surface area contributed by atoms with Gasteiger partial charge in [0.25, 0.3) is 0 Å². The van der Waals surface area contributed by atoms with E-state index in [1.165, 1.54) is 6.92 Å². The molecule has 5 heteroatoms. The Kier molecular flexibility index (Phi) is 4.89. The van der Waals surface area contributed by atoms with E-state index in [1.54, 1.807) is 12.1 Å². The van der Waals surface area contributed by atoms with Crippen LogP contribution >= 0.6 is 0 Å². The second-order valence-corrected chi connectivity index (χ2v) is 6.04. The molecule has 0 aliphatic rings. The van der Waals surface area contributed by atoms with Crippen LogP contribution in [0.3, 0.4) is 0 Å². The molecule has 0 bridgehead atoms. The Labute approximate surface area is 119 Å².